The number of ether oxygens (including phenoxy) is 3. The summed E-state index contributed by atoms with van der Waals surface area (Å²) in [5.41, 5.74) is 11.0. The Labute approximate surface area is 256 Å². The molecule has 4 aromatic rings. The van der Waals surface area contributed by atoms with Crippen LogP contribution >= 0.6 is 15.9 Å². The van der Waals surface area contributed by atoms with E-state index in [0.717, 1.165) is 17.2 Å². The Kier molecular flexibility index (Phi) is 8.84. The second-order valence-electron chi connectivity index (χ2n) is 10.1. The maximum atomic E-state index is 13.0. The third-order valence-corrected chi connectivity index (χ3v) is 8.58. The van der Waals surface area contributed by atoms with Crippen molar-refractivity contribution in [1.29, 1.82) is 0 Å². The molecule has 6 rings (SSSR count). The fourth-order valence-corrected chi connectivity index (χ4v) is 6.44. The third-order valence-electron chi connectivity index (χ3n) is 7.22. The molecule has 248 valence electrons. The number of aliphatic hydroxyl groups is 3. The van der Waals surface area contributed by atoms with Crippen LogP contribution in [-0.2, 0) is 32.4 Å². The minimum Gasteiger partial charge on any atom is -0.394 e. The van der Waals surface area contributed by atoms with Crippen molar-refractivity contribution in [2.75, 3.05) is 31.0 Å². The van der Waals surface area contributed by atoms with Crippen molar-refractivity contribution >= 4 is 49.9 Å². The van der Waals surface area contributed by atoms with E-state index in [0.29, 0.717) is 0 Å². The van der Waals surface area contributed by atoms with Crippen molar-refractivity contribution in [1.82, 2.24) is 39.0 Å². The van der Waals surface area contributed by atoms with Crippen LogP contribution in [0.2, 0.25) is 0 Å². The first-order valence-electron chi connectivity index (χ1n) is 13.2. The van der Waals surface area contributed by atoms with Gasteiger partial charge >= 0.3 is 15.9 Å². The summed E-state index contributed by atoms with van der Waals surface area (Å²) in [5, 5.41) is 31.8. The van der Waals surface area contributed by atoms with Gasteiger partial charge in [-0.15, -0.1) is 0 Å². The van der Waals surface area contributed by atoms with Gasteiger partial charge in [0.05, 0.1) is 25.9 Å². The molecule has 0 bridgehead atoms. The predicted octanol–water partition coefficient (Wildman–Crippen LogP) is -2.79. The number of nitrogens with two attached hydrogens (primary N) is 2. The van der Waals surface area contributed by atoms with Gasteiger partial charge in [0.25, 0.3) is 11.9 Å². The van der Waals surface area contributed by atoms with Gasteiger partial charge in [0.1, 0.15) is 48.5 Å². The molecule has 2 saturated heterocycles. The Morgan fingerprint density at radius 1 is 1.00 bits per heavy atom. The fraction of sp³-hybridized carbons (Fsp3) is 0.524. The van der Waals surface area contributed by atoms with Gasteiger partial charge in [0, 0.05) is 0 Å². The van der Waals surface area contributed by atoms with E-state index in [1.165, 1.54) is 10.9 Å². The van der Waals surface area contributed by atoms with Crippen LogP contribution in [0.3, 0.4) is 0 Å². The SMILES string of the molecule is Nc1nc2c(ncn2[C@@H]2O[C@H](CO)C(OP(=O)(O)OC[C@H]3O[C@@H](n4cnc5c(N)ncnc54)C(OC[P+](=O)O)C3O)C2O)c(=O)[nH]1. The molecule has 0 saturated carbocycles. The molecule has 0 spiro atoms. The van der Waals surface area contributed by atoms with E-state index < -0.39 is 90.1 Å². The molecule has 6 heterocycles. The van der Waals surface area contributed by atoms with Gasteiger partial charge in [-0.3, -0.25) is 28.0 Å². The van der Waals surface area contributed by atoms with E-state index in [4.69, 9.17) is 34.7 Å². The Bertz CT molecular complexity index is 1870. The Morgan fingerprint density at radius 2 is 1.70 bits per heavy atom. The number of nitrogens with zero attached hydrogens (tertiary/aromatic N) is 7. The van der Waals surface area contributed by atoms with Crippen molar-refractivity contribution in [3.63, 3.8) is 0 Å². The summed E-state index contributed by atoms with van der Waals surface area (Å²) < 4.78 is 54.0. The van der Waals surface area contributed by atoms with Crippen LogP contribution in [0, 0.1) is 0 Å². The summed E-state index contributed by atoms with van der Waals surface area (Å²) in [6, 6.07) is 0. The normalized spacial score (nSPS) is 29.9. The summed E-state index contributed by atoms with van der Waals surface area (Å²) in [7, 11) is -7.87. The predicted molar refractivity (Wildman–Crippen MR) is 149 cm³/mol. The molecular formula is C21H27N10O13P2+. The average molecular weight is 689 g/mol. The summed E-state index contributed by atoms with van der Waals surface area (Å²) in [6.45, 7) is -1.55. The number of fused-ring (bicyclic) bond motifs is 2. The lowest BCUT2D eigenvalue weighted by molar-refractivity contribution is -0.0649. The molecule has 23 nitrogen and oxygen atoms in total. The number of phosphoric ester groups is 1. The van der Waals surface area contributed by atoms with Crippen molar-refractivity contribution in [2.24, 2.45) is 0 Å². The summed E-state index contributed by atoms with van der Waals surface area (Å²) in [5.74, 6) is -0.199. The molecule has 10 atom stereocenters. The van der Waals surface area contributed by atoms with Crippen LogP contribution in [0.15, 0.2) is 23.8 Å². The van der Waals surface area contributed by atoms with Gasteiger partial charge in [-0.1, -0.05) is 0 Å². The minimum absolute atomic E-state index is 0.0493. The third kappa shape index (κ3) is 5.99. The van der Waals surface area contributed by atoms with Crippen LogP contribution in [-0.4, -0.2) is 120 Å². The van der Waals surface area contributed by atoms with E-state index in [1.807, 2.05) is 0 Å². The zero-order valence-corrected chi connectivity index (χ0v) is 24.9. The Hall–Kier alpha value is -3.57. The maximum Gasteiger partial charge on any atom is 0.534 e. The van der Waals surface area contributed by atoms with Crippen LogP contribution < -0.4 is 17.0 Å². The van der Waals surface area contributed by atoms with Gasteiger partial charge in [0.15, 0.2) is 35.1 Å². The Morgan fingerprint density at radius 3 is 2.41 bits per heavy atom. The molecule has 2 aliphatic heterocycles. The van der Waals surface area contributed by atoms with Gasteiger partial charge in [-0.25, -0.2) is 24.5 Å². The highest BCUT2D eigenvalue weighted by molar-refractivity contribution is 7.47. The van der Waals surface area contributed by atoms with E-state index in [1.54, 1.807) is 0 Å². The van der Waals surface area contributed by atoms with E-state index in [2.05, 4.69) is 29.9 Å². The van der Waals surface area contributed by atoms with Gasteiger partial charge in [-0.2, -0.15) is 9.88 Å². The van der Waals surface area contributed by atoms with Crippen LogP contribution in [0.4, 0.5) is 11.8 Å². The molecule has 6 unspecified atom stereocenters. The maximum absolute atomic E-state index is 13.0. The molecule has 4 aromatic heterocycles. The highest BCUT2D eigenvalue weighted by Gasteiger charge is 2.51. The second kappa shape index (κ2) is 12.6. The molecule has 0 aliphatic carbocycles. The number of imidazole rings is 2. The number of aromatic amines is 1. The number of nitrogen functional groups attached to an aromatic ring is 2. The summed E-state index contributed by atoms with van der Waals surface area (Å²) >= 11 is 0. The van der Waals surface area contributed by atoms with Crippen molar-refractivity contribution in [3.8, 4) is 0 Å². The smallest absolute Gasteiger partial charge is 0.394 e. The molecule has 10 N–H and O–H groups in total. The quantitative estimate of drug-likeness (QED) is 0.0738. The largest absolute Gasteiger partial charge is 0.534 e. The van der Waals surface area contributed by atoms with Crippen molar-refractivity contribution in [3.05, 3.63) is 29.3 Å². The van der Waals surface area contributed by atoms with Crippen molar-refractivity contribution < 1.29 is 57.5 Å². The number of nitrogens with one attached hydrogen (secondary N) is 1. The molecular weight excluding hydrogens is 662 g/mol. The number of rotatable bonds is 11. The zero-order valence-electron chi connectivity index (χ0n) is 23.2. The van der Waals surface area contributed by atoms with Crippen LogP contribution in [0.25, 0.3) is 22.3 Å². The van der Waals surface area contributed by atoms with E-state index >= 15 is 0 Å². The standard InChI is InChI=1S/C21H26N10O13P2/c22-15-9-16(25-3-24-15)30(4-26-9)20-14(40-6-45(36)37)11(33)8(43-20)2-41-46(38,39)44-13-7(1-32)42-19(12(13)34)31-5-27-10-17(31)28-21(23)29-18(10)35/h3-5,7-8,11-14,19-20,32-34H,1-2,6H2,(H6-,22,23,24,25,28,29,35,36,37,38,39)/p+1/t7-,8-,11?,12?,13?,14?,19-,20-/m1/s1. The van der Waals surface area contributed by atoms with Gasteiger partial charge in [0.2, 0.25) is 5.95 Å². The van der Waals surface area contributed by atoms with E-state index in [-0.39, 0.29) is 34.1 Å². The first-order valence-corrected chi connectivity index (χ1v) is 16.1. The summed E-state index contributed by atoms with van der Waals surface area (Å²) in [6.07, 6.45) is -8.73. The average Bonchev–Trinajstić information content (AvgIpc) is 3.76. The Balaban J connectivity index is 1.17. The molecule has 0 amide bonds. The first kappa shape index (κ1) is 32.4. The molecule has 25 heteroatoms. The van der Waals surface area contributed by atoms with Gasteiger partial charge < -0.3 is 45.9 Å². The first-order chi connectivity index (χ1) is 21.9. The number of anilines is 2. The molecule has 46 heavy (non-hydrogen) atoms. The van der Waals surface area contributed by atoms with Crippen LogP contribution in [0.1, 0.15) is 12.5 Å². The number of aliphatic hydroxyl groups excluding tert-OH is 3. The number of aromatic nitrogens is 8. The van der Waals surface area contributed by atoms with Crippen molar-refractivity contribution in [2.45, 2.75) is 49.1 Å². The zero-order chi connectivity index (χ0) is 32.9. The van der Waals surface area contributed by atoms with Crippen LogP contribution in [0.5, 0.6) is 0 Å². The molecule has 2 aliphatic rings. The minimum atomic E-state index is -5.09. The highest BCUT2D eigenvalue weighted by Crippen LogP contribution is 2.49. The number of phosphoric acid groups is 1. The second-order valence-corrected chi connectivity index (χ2v) is 12.5. The van der Waals surface area contributed by atoms with Gasteiger partial charge in [-0.05, 0) is 4.57 Å². The lowest BCUT2D eigenvalue weighted by Gasteiger charge is -2.23. The molecule has 2 fully saturated rings. The fourth-order valence-electron chi connectivity index (χ4n) is 5.17. The van der Waals surface area contributed by atoms with E-state index in [9.17, 15) is 39.0 Å². The summed E-state index contributed by atoms with van der Waals surface area (Å²) in [4.78, 5) is 54.2. The highest BCUT2D eigenvalue weighted by atomic mass is 31.2. The topological polar surface area (TPSA) is 341 Å². The lowest BCUT2D eigenvalue weighted by atomic mass is 10.1. The number of hydrogen-bond acceptors (Lipinski definition) is 18. The molecule has 0 aromatic carbocycles. The monoisotopic (exact) mass is 689 g/mol. The number of H-pyrrole nitrogens is 1. The lowest BCUT2D eigenvalue weighted by Crippen LogP contribution is -2.37. The molecule has 0 radical (unpaired) electrons. The number of hydrogen-bond donors (Lipinski definition) is 8.